The molecule has 0 spiro atoms. The quantitative estimate of drug-likeness (QED) is 0.933. The molecular formula is C13H14ClNO2S. The van der Waals surface area contributed by atoms with Crippen molar-refractivity contribution in [1.82, 2.24) is 0 Å². The number of halogens is 1. The molecule has 0 fully saturated rings. The summed E-state index contributed by atoms with van der Waals surface area (Å²) in [7, 11) is 3.18. The van der Waals surface area contributed by atoms with E-state index >= 15 is 0 Å². The second-order valence-electron chi connectivity index (χ2n) is 3.67. The molecule has 0 unspecified atom stereocenters. The van der Waals surface area contributed by atoms with Gasteiger partial charge in [0.2, 0.25) is 0 Å². The van der Waals surface area contributed by atoms with E-state index in [0.29, 0.717) is 23.1 Å². The molecule has 1 heterocycles. The summed E-state index contributed by atoms with van der Waals surface area (Å²) in [6.45, 7) is 0.539. The van der Waals surface area contributed by atoms with Crippen molar-refractivity contribution in [3.63, 3.8) is 0 Å². The van der Waals surface area contributed by atoms with E-state index in [-0.39, 0.29) is 0 Å². The van der Waals surface area contributed by atoms with Crippen LogP contribution in [-0.2, 0) is 6.54 Å². The average molecular weight is 284 g/mol. The summed E-state index contributed by atoms with van der Waals surface area (Å²) in [6, 6.07) is 5.82. The van der Waals surface area contributed by atoms with E-state index in [1.54, 1.807) is 25.6 Å². The van der Waals surface area contributed by atoms with E-state index in [0.717, 1.165) is 16.0 Å². The first kappa shape index (κ1) is 13.2. The lowest BCUT2D eigenvalue weighted by Gasteiger charge is -2.12. The molecule has 2 N–H and O–H groups in total. The topological polar surface area (TPSA) is 44.5 Å². The van der Waals surface area contributed by atoms with Crippen molar-refractivity contribution in [2.75, 3.05) is 14.2 Å². The summed E-state index contributed by atoms with van der Waals surface area (Å²) in [5.74, 6) is 1.23. The summed E-state index contributed by atoms with van der Waals surface area (Å²) in [5.41, 5.74) is 7.62. The molecule has 0 bridgehead atoms. The van der Waals surface area contributed by atoms with Gasteiger partial charge in [0.1, 0.15) is 16.5 Å². The minimum atomic E-state index is 0.484. The zero-order chi connectivity index (χ0) is 13.1. The van der Waals surface area contributed by atoms with Crippen molar-refractivity contribution >= 4 is 22.9 Å². The van der Waals surface area contributed by atoms with Gasteiger partial charge >= 0.3 is 0 Å². The van der Waals surface area contributed by atoms with Crippen LogP contribution >= 0.6 is 22.9 Å². The van der Waals surface area contributed by atoms with E-state index in [9.17, 15) is 0 Å². The van der Waals surface area contributed by atoms with E-state index in [2.05, 4.69) is 0 Å². The molecule has 0 atom stereocenters. The number of thiophene rings is 1. The summed E-state index contributed by atoms with van der Waals surface area (Å²) in [4.78, 5) is 1.12. The van der Waals surface area contributed by atoms with Crippen LogP contribution in [0.1, 0.15) is 4.88 Å². The molecule has 0 aliphatic heterocycles. The molecule has 96 valence electrons. The number of hydrogen-bond donors (Lipinski definition) is 1. The second kappa shape index (κ2) is 5.61. The summed E-state index contributed by atoms with van der Waals surface area (Å²) in [5, 5.41) is 2.53. The molecule has 0 radical (unpaired) electrons. The van der Waals surface area contributed by atoms with Crippen molar-refractivity contribution < 1.29 is 9.47 Å². The molecule has 0 saturated carbocycles. The average Bonchev–Trinajstić information content (AvgIpc) is 2.87. The first-order valence-electron chi connectivity index (χ1n) is 5.39. The zero-order valence-electron chi connectivity index (χ0n) is 10.2. The fourth-order valence-corrected chi connectivity index (χ4v) is 2.84. The predicted octanol–water partition coefficient (Wildman–Crippen LogP) is 3.54. The fourth-order valence-electron chi connectivity index (χ4n) is 1.75. The molecule has 1 aromatic carbocycles. The van der Waals surface area contributed by atoms with Crippen LogP contribution in [0.5, 0.6) is 11.5 Å². The van der Waals surface area contributed by atoms with Gasteiger partial charge in [-0.25, -0.2) is 0 Å². The lowest BCUT2D eigenvalue weighted by molar-refractivity contribution is 0.396. The maximum absolute atomic E-state index is 6.23. The molecule has 3 nitrogen and oxygen atoms in total. The van der Waals surface area contributed by atoms with E-state index < -0.39 is 0 Å². The summed E-state index contributed by atoms with van der Waals surface area (Å²) in [6.07, 6.45) is 0. The Labute approximate surface area is 115 Å². The van der Waals surface area contributed by atoms with E-state index in [1.807, 2.05) is 23.6 Å². The first-order chi connectivity index (χ1) is 8.71. The van der Waals surface area contributed by atoms with Gasteiger partial charge in [0.15, 0.2) is 0 Å². The van der Waals surface area contributed by atoms with Crippen molar-refractivity contribution in [2.45, 2.75) is 6.54 Å². The largest absolute Gasteiger partial charge is 0.495 e. The van der Waals surface area contributed by atoms with Gasteiger partial charge in [0.25, 0.3) is 0 Å². The van der Waals surface area contributed by atoms with Gasteiger partial charge in [0, 0.05) is 17.0 Å². The number of hydrogen-bond acceptors (Lipinski definition) is 4. The van der Waals surface area contributed by atoms with Crippen LogP contribution in [0.2, 0.25) is 5.02 Å². The molecule has 0 aliphatic carbocycles. The van der Waals surface area contributed by atoms with Crippen LogP contribution in [0.4, 0.5) is 0 Å². The number of nitrogens with two attached hydrogens (primary N) is 1. The van der Waals surface area contributed by atoms with Gasteiger partial charge < -0.3 is 15.2 Å². The number of methoxy groups -OCH3 is 2. The Hall–Kier alpha value is -1.23. The smallest absolute Gasteiger partial charge is 0.149 e. The number of benzene rings is 1. The molecule has 0 amide bonds. The highest BCUT2D eigenvalue weighted by Gasteiger charge is 2.15. The van der Waals surface area contributed by atoms with Gasteiger partial charge in [0.05, 0.1) is 14.2 Å². The molecule has 2 rings (SSSR count). The number of ether oxygens (including phenoxy) is 2. The first-order valence-corrected chi connectivity index (χ1v) is 6.65. The highest BCUT2D eigenvalue weighted by molar-refractivity contribution is 7.10. The van der Waals surface area contributed by atoms with Crippen LogP contribution in [0.15, 0.2) is 23.6 Å². The molecule has 0 saturated heterocycles. The van der Waals surface area contributed by atoms with Crippen molar-refractivity contribution in [2.24, 2.45) is 5.73 Å². The molecule has 5 heteroatoms. The third-order valence-corrected chi connectivity index (χ3v) is 3.97. The lowest BCUT2D eigenvalue weighted by atomic mass is 10.1. The zero-order valence-corrected chi connectivity index (χ0v) is 11.8. The van der Waals surface area contributed by atoms with Crippen LogP contribution in [-0.4, -0.2) is 14.2 Å². The SMILES string of the molecule is COc1ccc(-c2csc(CN)c2)c(OC)c1Cl. The standard InChI is InChI=1S/C13H14ClNO2S/c1-16-11-4-3-10(13(17-2)12(11)14)8-5-9(6-15)18-7-8/h3-5,7H,6,15H2,1-2H3. The third-order valence-electron chi connectivity index (χ3n) is 2.65. The van der Waals surface area contributed by atoms with Gasteiger partial charge in [-0.3, -0.25) is 0 Å². The van der Waals surface area contributed by atoms with E-state index in [4.69, 9.17) is 26.8 Å². The van der Waals surface area contributed by atoms with Crippen LogP contribution in [0.25, 0.3) is 11.1 Å². The molecule has 18 heavy (non-hydrogen) atoms. The Morgan fingerprint density at radius 1 is 1.28 bits per heavy atom. The van der Waals surface area contributed by atoms with Crippen LogP contribution < -0.4 is 15.2 Å². The highest BCUT2D eigenvalue weighted by atomic mass is 35.5. The minimum Gasteiger partial charge on any atom is -0.495 e. The van der Waals surface area contributed by atoms with Gasteiger partial charge in [-0.05, 0) is 29.1 Å². The van der Waals surface area contributed by atoms with Crippen LogP contribution in [0.3, 0.4) is 0 Å². The van der Waals surface area contributed by atoms with Gasteiger partial charge in [-0.15, -0.1) is 11.3 Å². The number of rotatable bonds is 4. The molecule has 2 aromatic rings. The maximum Gasteiger partial charge on any atom is 0.149 e. The van der Waals surface area contributed by atoms with Crippen molar-refractivity contribution in [3.8, 4) is 22.6 Å². The molecule has 1 aromatic heterocycles. The highest BCUT2D eigenvalue weighted by Crippen LogP contribution is 2.42. The Balaban J connectivity index is 2.53. The molecule has 0 aliphatic rings. The minimum absolute atomic E-state index is 0.484. The Morgan fingerprint density at radius 2 is 2.06 bits per heavy atom. The van der Waals surface area contributed by atoms with Crippen molar-refractivity contribution in [3.05, 3.63) is 33.5 Å². The third kappa shape index (κ3) is 2.32. The summed E-state index contributed by atoms with van der Waals surface area (Å²) < 4.78 is 10.6. The fraction of sp³-hybridized carbons (Fsp3) is 0.231. The lowest BCUT2D eigenvalue weighted by Crippen LogP contribution is -1.93. The Kier molecular flexibility index (Phi) is 4.11. The van der Waals surface area contributed by atoms with Gasteiger partial charge in [-0.1, -0.05) is 11.6 Å². The van der Waals surface area contributed by atoms with Crippen LogP contribution in [0, 0.1) is 0 Å². The maximum atomic E-state index is 6.23. The monoisotopic (exact) mass is 283 g/mol. The predicted molar refractivity (Wildman–Crippen MR) is 75.8 cm³/mol. The van der Waals surface area contributed by atoms with Gasteiger partial charge in [-0.2, -0.15) is 0 Å². The Bertz CT molecular complexity index is 554. The second-order valence-corrected chi connectivity index (χ2v) is 5.04. The normalized spacial score (nSPS) is 10.4. The summed E-state index contributed by atoms with van der Waals surface area (Å²) >= 11 is 7.86. The Morgan fingerprint density at radius 3 is 2.61 bits per heavy atom. The van der Waals surface area contributed by atoms with E-state index in [1.165, 1.54) is 0 Å². The van der Waals surface area contributed by atoms with Crippen molar-refractivity contribution in [1.29, 1.82) is 0 Å². The molecular weight excluding hydrogens is 270 g/mol.